The molecule has 0 atom stereocenters. The summed E-state index contributed by atoms with van der Waals surface area (Å²) < 4.78 is 16.1. The van der Waals surface area contributed by atoms with E-state index in [0.29, 0.717) is 34.1 Å². The van der Waals surface area contributed by atoms with Crippen LogP contribution in [0.25, 0.3) is 11.3 Å². The van der Waals surface area contributed by atoms with Crippen molar-refractivity contribution in [3.8, 4) is 28.5 Å². The van der Waals surface area contributed by atoms with Crippen LogP contribution in [-0.2, 0) is 0 Å². The lowest BCUT2D eigenvalue weighted by Gasteiger charge is -2.12. The summed E-state index contributed by atoms with van der Waals surface area (Å²) in [6.07, 6.45) is 0. The van der Waals surface area contributed by atoms with Gasteiger partial charge >= 0.3 is 0 Å². The number of nitrogens with two attached hydrogens (primary N) is 1. The molecule has 0 spiro atoms. The number of primary amides is 1. The molecule has 2 aromatic rings. The number of methoxy groups -OCH3 is 1. The van der Waals surface area contributed by atoms with Crippen LogP contribution in [0.15, 0.2) is 24.3 Å². The maximum atomic E-state index is 11.6. The fourth-order valence-electron chi connectivity index (χ4n) is 2.24. The molecule has 0 saturated heterocycles. The van der Waals surface area contributed by atoms with E-state index in [1.807, 2.05) is 6.92 Å². The zero-order valence-corrected chi connectivity index (χ0v) is 11.7. The molecule has 2 heterocycles. The predicted octanol–water partition coefficient (Wildman–Crippen LogP) is 1.89. The summed E-state index contributed by atoms with van der Waals surface area (Å²) in [6.45, 7) is 2.00. The second-order valence-corrected chi connectivity index (χ2v) is 4.62. The smallest absolute Gasteiger partial charge is 0.250 e. The zero-order valence-electron chi connectivity index (χ0n) is 11.7. The Kier molecular flexibility index (Phi) is 3.13. The number of pyridine rings is 1. The van der Waals surface area contributed by atoms with Gasteiger partial charge in [-0.1, -0.05) is 0 Å². The molecule has 0 unspecified atom stereocenters. The molecule has 21 heavy (non-hydrogen) atoms. The lowest BCUT2D eigenvalue weighted by Crippen LogP contribution is -2.13. The summed E-state index contributed by atoms with van der Waals surface area (Å²) >= 11 is 0. The molecule has 0 saturated carbocycles. The van der Waals surface area contributed by atoms with E-state index in [-0.39, 0.29) is 6.79 Å². The van der Waals surface area contributed by atoms with Gasteiger partial charge in [0.25, 0.3) is 5.91 Å². The van der Waals surface area contributed by atoms with Crippen LogP contribution in [0.3, 0.4) is 0 Å². The molecular weight excluding hydrogens is 272 g/mol. The Labute approximate surface area is 121 Å². The van der Waals surface area contributed by atoms with E-state index in [1.165, 1.54) is 0 Å². The highest BCUT2D eigenvalue weighted by molar-refractivity contribution is 5.99. The number of aromatic nitrogens is 1. The molecule has 6 heteroatoms. The number of aryl methyl sites for hydroxylation is 1. The first-order valence-electron chi connectivity index (χ1n) is 6.35. The molecule has 1 amide bonds. The maximum Gasteiger partial charge on any atom is 0.250 e. The van der Waals surface area contributed by atoms with Gasteiger partial charge in [0.05, 0.1) is 18.4 Å². The zero-order chi connectivity index (χ0) is 15.0. The molecule has 0 fully saturated rings. The third-order valence-electron chi connectivity index (χ3n) is 3.25. The van der Waals surface area contributed by atoms with Crippen LogP contribution in [0.4, 0.5) is 0 Å². The first-order chi connectivity index (χ1) is 10.1. The van der Waals surface area contributed by atoms with Gasteiger partial charge in [0.1, 0.15) is 5.75 Å². The number of nitrogens with zero attached hydrogens (tertiary/aromatic N) is 1. The lowest BCUT2D eigenvalue weighted by molar-refractivity contribution is 0.100. The van der Waals surface area contributed by atoms with Crippen molar-refractivity contribution in [2.75, 3.05) is 13.9 Å². The molecule has 1 aliphatic rings. The van der Waals surface area contributed by atoms with Crippen molar-refractivity contribution in [2.24, 2.45) is 5.73 Å². The minimum absolute atomic E-state index is 0.159. The summed E-state index contributed by atoms with van der Waals surface area (Å²) in [6, 6.07) is 6.86. The summed E-state index contributed by atoms with van der Waals surface area (Å²) in [5, 5.41) is 0. The summed E-state index contributed by atoms with van der Waals surface area (Å²) in [7, 11) is 1.54. The molecule has 6 nitrogen and oxygen atoms in total. The fraction of sp³-hybridized carbons (Fsp3) is 0.200. The Balaban J connectivity index is 2.25. The van der Waals surface area contributed by atoms with Crippen molar-refractivity contribution < 1.29 is 19.0 Å². The largest absolute Gasteiger partial charge is 0.496 e. The van der Waals surface area contributed by atoms with Gasteiger partial charge < -0.3 is 19.9 Å². The number of carbonyl (C=O) groups excluding carboxylic acids is 1. The van der Waals surface area contributed by atoms with Crippen LogP contribution in [0.1, 0.15) is 16.1 Å². The fourth-order valence-corrected chi connectivity index (χ4v) is 2.24. The number of carbonyl (C=O) groups is 1. The molecule has 0 bridgehead atoms. The Bertz CT molecular complexity index is 728. The highest BCUT2D eigenvalue weighted by atomic mass is 16.7. The summed E-state index contributed by atoms with van der Waals surface area (Å²) in [5.74, 6) is 1.19. The second-order valence-electron chi connectivity index (χ2n) is 4.62. The van der Waals surface area contributed by atoms with Gasteiger partial charge in [0.15, 0.2) is 11.5 Å². The molecule has 2 N–H and O–H groups in total. The Morgan fingerprint density at radius 1 is 1.29 bits per heavy atom. The van der Waals surface area contributed by atoms with Gasteiger partial charge in [-0.25, -0.2) is 0 Å². The number of ether oxygens (including phenoxy) is 3. The SMILES string of the molecule is COc1cc2c(cc1-c1nc(C)ccc1C(N)=O)OCO2. The van der Waals surface area contributed by atoms with Crippen LogP contribution in [0.2, 0.25) is 0 Å². The van der Waals surface area contributed by atoms with Crippen LogP contribution in [0.5, 0.6) is 17.2 Å². The van der Waals surface area contributed by atoms with E-state index in [2.05, 4.69) is 4.98 Å². The van der Waals surface area contributed by atoms with E-state index in [1.54, 1.807) is 31.4 Å². The number of fused-ring (bicyclic) bond motifs is 1. The van der Waals surface area contributed by atoms with E-state index in [4.69, 9.17) is 19.9 Å². The Morgan fingerprint density at radius 2 is 2.00 bits per heavy atom. The molecule has 3 rings (SSSR count). The number of benzene rings is 1. The average Bonchev–Trinajstić information content (AvgIpc) is 2.92. The van der Waals surface area contributed by atoms with Crippen molar-refractivity contribution >= 4 is 5.91 Å². The van der Waals surface area contributed by atoms with E-state index < -0.39 is 5.91 Å². The van der Waals surface area contributed by atoms with Crippen molar-refractivity contribution in [2.45, 2.75) is 6.92 Å². The standard InChI is InChI=1S/C15H14N2O4/c1-8-3-4-9(15(16)18)14(17-8)10-5-12-13(21-7-20-12)6-11(10)19-2/h3-6H,7H2,1-2H3,(H2,16,18). The quantitative estimate of drug-likeness (QED) is 0.931. The molecule has 0 radical (unpaired) electrons. The van der Waals surface area contributed by atoms with Crippen molar-refractivity contribution in [1.82, 2.24) is 4.98 Å². The van der Waals surface area contributed by atoms with Gasteiger partial charge in [-0.15, -0.1) is 0 Å². The van der Waals surface area contributed by atoms with Crippen molar-refractivity contribution in [3.05, 3.63) is 35.5 Å². The van der Waals surface area contributed by atoms with Crippen LogP contribution < -0.4 is 19.9 Å². The topological polar surface area (TPSA) is 83.7 Å². The second kappa shape index (κ2) is 4.97. The van der Waals surface area contributed by atoms with Gasteiger partial charge in [-0.05, 0) is 25.1 Å². The van der Waals surface area contributed by atoms with E-state index >= 15 is 0 Å². The monoisotopic (exact) mass is 286 g/mol. The molecule has 1 aromatic heterocycles. The van der Waals surface area contributed by atoms with Crippen LogP contribution >= 0.6 is 0 Å². The molecule has 1 aromatic carbocycles. The molecule has 108 valence electrons. The Morgan fingerprint density at radius 3 is 2.67 bits per heavy atom. The van der Waals surface area contributed by atoms with Gasteiger partial charge in [0, 0.05) is 17.3 Å². The van der Waals surface area contributed by atoms with E-state index in [0.717, 1.165) is 5.69 Å². The average molecular weight is 286 g/mol. The van der Waals surface area contributed by atoms with E-state index in [9.17, 15) is 4.79 Å². The number of amides is 1. The highest BCUT2D eigenvalue weighted by Crippen LogP contribution is 2.42. The predicted molar refractivity (Wildman–Crippen MR) is 75.6 cm³/mol. The minimum Gasteiger partial charge on any atom is -0.496 e. The van der Waals surface area contributed by atoms with Crippen LogP contribution in [-0.4, -0.2) is 24.8 Å². The third-order valence-corrected chi connectivity index (χ3v) is 3.25. The third kappa shape index (κ3) is 2.24. The Hall–Kier alpha value is -2.76. The first kappa shape index (κ1) is 13.2. The highest BCUT2D eigenvalue weighted by Gasteiger charge is 2.22. The summed E-state index contributed by atoms with van der Waals surface area (Å²) in [5.41, 5.74) is 7.64. The van der Waals surface area contributed by atoms with Gasteiger partial charge in [-0.2, -0.15) is 0 Å². The molecule has 0 aliphatic carbocycles. The summed E-state index contributed by atoms with van der Waals surface area (Å²) in [4.78, 5) is 16.0. The normalized spacial score (nSPS) is 12.3. The lowest BCUT2D eigenvalue weighted by atomic mass is 10.0. The van der Waals surface area contributed by atoms with Crippen molar-refractivity contribution in [3.63, 3.8) is 0 Å². The number of rotatable bonds is 3. The first-order valence-corrected chi connectivity index (χ1v) is 6.35. The number of hydrogen-bond acceptors (Lipinski definition) is 5. The molecular formula is C15H14N2O4. The van der Waals surface area contributed by atoms with Crippen LogP contribution in [0, 0.1) is 6.92 Å². The maximum absolute atomic E-state index is 11.6. The minimum atomic E-state index is -0.544. The molecule has 1 aliphatic heterocycles. The van der Waals surface area contributed by atoms with Gasteiger partial charge in [0.2, 0.25) is 6.79 Å². The van der Waals surface area contributed by atoms with Crippen molar-refractivity contribution in [1.29, 1.82) is 0 Å². The number of hydrogen-bond donors (Lipinski definition) is 1. The van der Waals surface area contributed by atoms with Gasteiger partial charge in [-0.3, -0.25) is 9.78 Å².